The summed E-state index contributed by atoms with van der Waals surface area (Å²) in [5.74, 6) is 0.791. The van der Waals surface area contributed by atoms with Gasteiger partial charge < -0.3 is 14.4 Å². The Morgan fingerprint density at radius 3 is 2.50 bits per heavy atom. The van der Waals surface area contributed by atoms with Crippen molar-refractivity contribution >= 4 is 29.0 Å². The number of rotatable bonds is 6. The summed E-state index contributed by atoms with van der Waals surface area (Å²) >= 11 is 6.19. The summed E-state index contributed by atoms with van der Waals surface area (Å²) in [6, 6.07) is 20.7. The molecule has 1 heterocycles. The van der Waals surface area contributed by atoms with Gasteiger partial charge in [-0.05, 0) is 42.3 Å². The van der Waals surface area contributed by atoms with E-state index in [0.717, 1.165) is 16.9 Å². The molecule has 4 rings (SSSR count). The van der Waals surface area contributed by atoms with Crippen molar-refractivity contribution in [2.24, 2.45) is 0 Å². The number of halogens is 1. The molecule has 5 nitrogen and oxygen atoms in total. The molecule has 1 aliphatic rings. The summed E-state index contributed by atoms with van der Waals surface area (Å²) in [6.07, 6.45) is 0. The summed E-state index contributed by atoms with van der Waals surface area (Å²) in [6.45, 7) is 2.16. The minimum absolute atomic E-state index is 0.118. The molecule has 152 valence electrons. The van der Waals surface area contributed by atoms with Gasteiger partial charge >= 0.3 is 0 Å². The van der Waals surface area contributed by atoms with Gasteiger partial charge in [0.2, 0.25) is 0 Å². The molecule has 1 aliphatic heterocycles. The number of hydrogen-bond acceptors (Lipinski definition) is 4. The number of ketones is 1. The van der Waals surface area contributed by atoms with Crippen LogP contribution in [0.1, 0.15) is 28.4 Å². The van der Waals surface area contributed by atoms with Gasteiger partial charge in [-0.15, -0.1) is 0 Å². The third-order valence-corrected chi connectivity index (χ3v) is 5.08. The molecule has 0 unspecified atom stereocenters. The van der Waals surface area contributed by atoms with Crippen LogP contribution in [-0.4, -0.2) is 18.3 Å². The van der Waals surface area contributed by atoms with Gasteiger partial charge in [-0.1, -0.05) is 54.1 Å². The predicted octanol–water partition coefficient (Wildman–Crippen LogP) is 5.05. The molecule has 0 aromatic heterocycles. The van der Waals surface area contributed by atoms with E-state index in [-0.39, 0.29) is 18.3 Å². The number of carbonyl (C=O) groups is 2. The molecule has 0 fully saturated rings. The number of ether oxygens (including phenoxy) is 2. The molecular weight excluding hydrogens is 402 g/mol. The highest BCUT2D eigenvalue weighted by Gasteiger charge is 2.29. The van der Waals surface area contributed by atoms with Crippen LogP contribution in [0.4, 0.5) is 5.69 Å². The van der Waals surface area contributed by atoms with Crippen molar-refractivity contribution in [1.82, 2.24) is 0 Å². The van der Waals surface area contributed by atoms with E-state index < -0.39 is 0 Å². The lowest BCUT2D eigenvalue weighted by molar-refractivity contribution is -0.121. The third kappa shape index (κ3) is 4.31. The van der Waals surface area contributed by atoms with Crippen LogP contribution in [0.15, 0.2) is 66.7 Å². The highest BCUT2D eigenvalue weighted by molar-refractivity contribution is 6.31. The Labute approximate surface area is 179 Å². The molecule has 0 aliphatic carbocycles. The third-order valence-electron chi connectivity index (χ3n) is 4.86. The predicted molar refractivity (Wildman–Crippen MR) is 115 cm³/mol. The van der Waals surface area contributed by atoms with Gasteiger partial charge in [0.15, 0.2) is 18.1 Å². The fraction of sp³-hybridized carbons (Fsp3) is 0.167. The van der Waals surface area contributed by atoms with E-state index in [1.54, 1.807) is 17.0 Å². The molecule has 0 atom stereocenters. The zero-order chi connectivity index (χ0) is 21.1. The van der Waals surface area contributed by atoms with E-state index in [4.69, 9.17) is 21.1 Å². The molecule has 0 N–H and O–H groups in total. The number of fused-ring (bicyclic) bond motifs is 1. The van der Waals surface area contributed by atoms with E-state index in [2.05, 4.69) is 0 Å². The summed E-state index contributed by atoms with van der Waals surface area (Å²) < 4.78 is 11.4. The lowest BCUT2D eigenvalue weighted by atomic mass is 10.1. The standard InChI is InChI=1S/C24H20ClNO4/c1-16(27)21-11-19(25)12-22-24(21)30-15-23(28)26(22)13-17-7-9-20(10-8-17)29-14-18-5-3-2-4-6-18/h2-12H,13-15H2,1H3. The summed E-state index contributed by atoms with van der Waals surface area (Å²) in [7, 11) is 0. The van der Waals surface area contributed by atoms with Gasteiger partial charge in [0.25, 0.3) is 5.91 Å². The van der Waals surface area contributed by atoms with E-state index in [1.165, 1.54) is 6.92 Å². The van der Waals surface area contributed by atoms with Crippen LogP contribution < -0.4 is 14.4 Å². The summed E-state index contributed by atoms with van der Waals surface area (Å²) in [4.78, 5) is 26.1. The Kier molecular flexibility index (Phi) is 5.72. The second-order valence-corrected chi connectivity index (χ2v) is 7.48. The zero-order valence-corrected chi connectivity index (χ0v) is 17.2. The maximum absolute atomic E-state index is 12.5. The summed E-state index contributed by atoms with van der Waals surface area (Å²) in [5, 5.41) is 0.381. The van der Waals surface area contributed by atoms with Crippen molar-refractivity contribution in [3.05, 3.63) is 88.4 Å². The molecule has 3 aromatic rings. The maximum atomic E-state index is 12.5. The monoisotopic (exact) mass is 421 g/mol. The number of benzene rings is 3. The molecule has 30 heavy (non-hydrogen) atoms. The normalized spacial score (nSPS) is 12.9. The van der Waals surface area contributed by atoms with Crippen molar-refractivity contribution in [2.45, 2.75) is 20.1 Å². The largest absolute Gasteiger partial charge is 0.489 e. The van der Waals surface area contributed by atoms with Crippen LogP contribution in [0.25, 0.3) is 0 Å². The lowest BCUT2D eigenvalue weighted by Crippen LogP contribution is -2.38. The maximum Gasteiger partial charge on any atom is 0.265 e. The summed E-state index contributed by atoms with van der Waals surface area (Å²) in [5.41, 5.74) is 2.90. The van der Waals surface area contributed by atoms with E-state index in [9.17, 15) is 9.59 Å². The quantitative estimate of drug-likeness (QED) is 0.523. The Hall–Kier alpha value is -3.31. The Morgan fingerprint density at radius 2 is 1.80 bits per heavy atom. The fourth-order valence-electron chi connectivity index (χ4n) is 3.33. The number of Topliss-reactive ketones (excluding diaryl/α,β-unsaturated/α-hetero) is 1. The second kappa shape index (κ2) is 8.59. The molecule has 6 heteroatoms. The van der Waals surface area contributed by atoms with Gasteiger partial charge in [-0.2, -0.15) is 0 Å². The molecule has 3 aromatic carbocycles. The molecule has 0 saturated heterocycles. The van der Waals surface area contributed by atoms with Crippen LogP contribution in [0, 0.1) is 0 Å². The van der Waals surface area contributed by atoms with E-state index in [0.29, 0.717) is 35.2 Å². The van der Waals surface area contributed by atoms with Crippen molar-refractivity contribution in [2.75, 3.05) is 11.5 Å². The van der Waals surface area contributed by atoms with Crippen molar-refractivity contribution in [3.8, 4) is 11.5 Å². The number of carbonyl (C=O) groups excluding carboxylic acids is 2. The van der Waals surface area contributed by atoms with Crippen LogP contribution in [0.2, 0.25) is 5.02 Å². The number of nitrogens with zero attached hydrogens (tertiary/aromatic N) is 1. The van der Waals surface area contributed by atoms with Crippen LogP contribution in [0.3, 0.4) is 0 Å². The van der Waals surface area contributed by atoms with E-state index in [1.807, 2.05) is 54.6 Å². The number of hydrogen-bond donors (Lipinski definition) is 0. The zero-order valence-electron chi connectivity index (χ0n) is 16.4. The van der Waals surface area contributed by atoms with Crippen molar-refractivity contribution in [1.29, 1.82) is 0 Å². The molecule has 0 radical (unpaired) electrons. The highest BCUT2D eigenvalue weighted by Crippen LogP contribution is 2.39. The van der Waals surface area contributed by atoms with Crippen LogP contribution in [0.5, 0.6) is 11.5 Å². The SMILES string of the molecule is CC(=O)c1cc(Cl)cc2c1OCC(=O)N2Cc1ccc(OCc2ccccc2)cc1. The first-order valence-corrected chi connectivity index (χ1v) is 9.92. The Balaban J connectivity index is 1.52. The minimum Gasteiger partial charge on any atom is -0.489 e. The Bertz CT molecular complexity index is 1080. The van der Waals surface area contributed by atoms with E-state index >= 15 is 0 Å². The first-order valence-electron chi connectivity index (χ1n) is 9.54. The average molecular weight is 422 g/mol. The van der Waals surface area contributed by atoms with Gasteiger partial charge in [0.05, 0.1) is 17.8 Å². The van der Waals surface area contributed by atoms with Gasteiger partial charge in [-0.3, -0.25) is 9.59 Å². The van der Waals surface area contributed by atoms with Crippen molar-refractivity contribution < 1.29 is 19.1 Å². The van der Waals surface area contributed by atoms with Gasteiger partial charge in [-0.25, -0.2) is 0 Å². The smallest absolute Gasteiger partial charge is 0.265 e. The van der Waals surface area contributed by atoms with Gasteiger partial charge in [0.1, 0.15) is 12.4 Å². The van der Waals surface area contributed by atoms with Crippen molar-refractivity contribution in [3.63, 3.8) is 0 Å². The molecule has 0 saturated carbocycles. The number of anilines is 1. The second-order valence-electron chi connectivity index (χ2n) is 7.04. The Morgan fingerprint density at radius 1 is 1.07 bits per heavy atom. The first kappa shape index (κ1) is 20.0. The lowest BCUT2D eigenvalue weighted by Gasteiger charge is -2.30. The highest BCUT2D eigenvalue weighted by atomic mass is 35.5. The average Bonchev–Trinajstić information content (AvgIpc) is 2.75. The molecule has 0 bridgehead atoms. The molecular formula is C24H20ClNO4. The number of amides is 1. The molecule has 0 spiro atoms. The molecule has 1 amide bonds. The van der Waals surface area contributed by atoms with Crippen LogP contribution >= 0.6 is 11.6 Å². The topological polar surface area (TPSA) is 55.8 Å². The van der Waals surface area contributed by atoms with Crippen LogP contribution in [-0.2, 0) is 17.9 Å². The minimum atomic E-state index is -0.191. The van der Waals surface area contributed by atoms with Gasteiger partial charge in [0, 0.05) is 5.02 Å². The fourth-order valence-corrected chi connectivity index (χ4v) is 3.54. The first-order chi connectivity index (χ1) is 14.5.